The molecule has 25 heavy (non-hydrogen) atoms. The van der Waals surface area contributed by atoms with E-state index in [0.717, 1.165) is 24.6 Å². The third kappa shape index (κ3) is 5.30. The van der Waals surface area contributed by atoms with Crippen molar-refractivity contribution in [3.8, 4) is 0 Å². The van der Waals surface area contributed by atoms with E-state index in [0.29, 0.717) is 18.3 Å². The van der Waals surface area contributed by atoms with E-state index in [1.54, 1.807) is 0 Å². The molecule has 2 N–H and O–H groups in total. The van der Waals surface area contributed by atoms with Gasteiger partial charge in [0.1, 0.15) is 5.82 Å². The van der Waals surface area contributed by atoms with E-state index in [1.165, 1.54) is 12.8 Å². The predicted molar refractivity (Wildman–Crippen MR) is 104 cm³/mol. The van der Waals surface area contributed by atoms with Crippen molar-refractivity contribution in [2.75, 3.05) is 18.4 Å². The molecular weight excluding hydrogens is 312 g/mol. The number of nitrogens with zero attached hydrogens (tertiary/aromatic N) is 2. The van der Waals surface area contributed by atoms with Crippen LogP contribution in [0.5, 0.6) is 0 Å². The summed E-state index contributed by atoms with van der Waals surface area (Å²) in [5, 5.41) is 11.3. The highest BCUT2D eigenvalue weighted by molar-refractivity contribution is 5.90. The third-order valence-electron chi connectivity index (χ3n) is 5.03. The zero-order chi connectivity index (χ0) is 18.8. The molecule has 2 heterocycles. The lowest BCUT2D eigenvalue weighted by molar-refractivity contribution is -0.117. The van der Waals surface area contributed by atoms with E-state index in [-0.39, 0.29) is 16.9 Å². The van der Waals surface area contributed by atoms with E-state index in [9.17, 15) is 4.79 Å². The summed E-state index contributed by atoms with van der Waals surface area (Å²) >= 11 is 0. The lowest BCUT2D eigenvalue weighted by atomic mass is 9.85. The van der Waals surface area contributed by atoms with Gasteiger partial charge in [0.15, 0.2) is 0 Å². The highest BCUT2D eigenvalue weighted by Crippen LogP contribution is 2.29. The molecule has 1 aromatic rings. The lowest BCUT2D eigenvalue weighted by Crippen LogP contribution is -2.34. The van der Waals surface area contributed by atoms with Gasteiger partial charge in [0.25, 0.3) is 0 Å². The Morgan fingerprint density at radius 3 is 2.56 bits per heavy atom. The van der Waals surface area contributed by atoms with Crippen molar-refractivity contribution >= 4 is 11.7 Å². The Hall–Kier alpha value is -1.36. The van der Waals surface area contributed by atoms with Gasteiger partial charge in [-0.1, -0.05) is 27.7 Å². The summed E-state index contributed by atoms with van der Waals surface area (Å²) in [6.07, 6.45) is 2.99. The summed E-state index contributed by atoms with van der Waals surface area (Å²) in [5.74, 6) is 1.87. The summed E-state index contributed by atoms with van der Waals surface area (Å²) in [5.41, 5.74) is 0.782. The monoisotopic (exact) mass is 348 g/mol. The van der Waals surface area contributed by atoms with Crippen LogP contribution in [0.3, 0.4) is 0 Å². The zero-order valence-corrected chi connectivity index (χ0v) is 17.1. The van der Waals surface area contributed by atoms with Gasteiger partial charge < -0.3 is 10.6 Å². The third-order valence-corrected chi connectivity index (χ3v) is 5.03. The Morgan fingerprint density at radius 2 is 2.04 bits per heavy atom. The van der Waals surface area contributed by atoms with Crippen LogP contribution in [0.4, 0.5) is 5.82 Å². The van der Waals surface area contributed by atoms with E-state index < -0.39 is 0 Å². The molecule has 142 valence electrons. The van der Waals surface area contributed by atoms with Crippen LogP contribution in [0.1, 0.15) is 73.4 Å². The summed E-state index contributed by atoms with van der Waals surface area (Å²) in [6.45, 7) is 17.1. The minimum Gasteiger partial charge on any atom is -0.316 e. The minimum atomic E-state index is -0.176. The van der Waals surface area contributed by atoms with E-state index >= 15 is 0 Å². The molecule has 2 rings (SSSR count). The number of nitrogens with one attached hydrogen (secondary N) is 2. The molecule has 0 radical (unpaired) electrons. The second-order valence-electron chi connectivity index (χ2n) is 9.58. The number of amides is 1. The summed E-state index contributed by atoms with van der Waals surface area (Å²) in [6, 6.07) is 2.02. The number of piperidine rings is 1. The summed E-state index contributed by atoms with van der Waals surface area (Å²) in [7, 11) is 0. The van der Waals surface area contributed by atoms with Crippen LogP contribution >= 0.6 is 0 Å². The van der Waals surface area contributed by atoms with Gasteiger partial charge in [0.2, 0.25) is 5.91 Å². The van der Waals surface area contributed by atoms with Crippen LogP contribution in [-0.4, -0.2) is 28.8 Å². The van der Waals surface area contributed by atoms with Crippen molar-refractivity contribution < 1.29 is 4.79 Å². The molecule has 1 aliphatic rings. The number of hydrogen-bond donors (Lipinski definition) is 2. The van der Waals surface area contributed by atoms with Gasteiger partial charge in [-0.3, -0.25) is 4.79 Å². The van der Waals surface area contributed by atoms with Crippen LogP contribution in [0.25, 0.3) is 0 Å². The first kappa shape index (κ1) is 20.0. The fourth-order valence-corrected chi connectivity index (χ4v) is 3.37. The first-order valence-corrected chi connectivity index (χ1v) is 9.60. The highest BCUT2D eigenvalue weighted by atomic mass is 16.1. The number of carbonyl (C=O) groups excluding carboxylic acids is 1. The van der Waals surface area contributed by atoms with Gasteiger partial charge in [-0.05, 0) is 58.5 Å². The van der Waals surface area contributed by atoms with E-state index in [4.69, 9.17) is 5.10 Å². The average molecular weight is 349 g/mol. The van der Waals surface area contributed by atoms with E-state index in [1.807, 2.05) is 10.7 Å². The zero-order valence-electron chi connectivity index (χ0n) is 17.1. The molecule has 2 unspecified atom stereocenters. The fraction of sp³-hybridized carbons (Fsp3) is 0.800. The molecule has 1 aliphatic heterocycles. The number of hydrogen-bond acceptors (Lipinski definition) is 3. The van der Waals surface area contributed by atoms with Gasteiger partial charge >= 0.3 is 0 Å². The maximum atomic E-state index is 12.6. The fourth-order valence-electron chi connectivity index (χ4n) is 3.37. The molecule has 0 spiro atoms. The average Bonchev–Trinajstić information content (AvgIpc) is 2.92. The Labute approximate surface area is 152 Å². The smallest absolute Gasteiger partial charge is 0.225 e. The summed E-state index contributed by atoms with van der Waals surface area (Å²) < 4.78 is 1.94. The second kappa shape index (κ2) is 7.48. The molecule has 0 aliphatic carbocycles. The molecule has 5 nitrogen and oxygen atoms in total. The van der Waals surface area contributed by atoms with E-state index in [2.05, 4.69) is 59.1 Å². The maximum absolute atomic E-state index is 12.6. The Morgan fingerprint density at radius 1 is 1.36 bits per heavy atom. The largest absolute Gasteiger partial charge is 0.316 e. The molecule has 0 aromatic carbocycles. The van der Waals surface area contributed by atoms with Crippen molar-refractivity contribution in [3.63, 3.8) is 0 Å². The van der Waals surface area contributed by atoms with Crippen LogP contribution in [-0.2, 0) is 15.7 Å². The first-order chi connectivity index (χ1) is 11.5. The lowest BCUT2D eigenvalue weighted by Gasteiger charge is -2.28. The normalized spacial score (nSPS) is 20.4. The predicted octanol–water partition coefficient (Wildman–Crippen LogP) is 3.90. The number of rotatable bonds is 4. The Balaban J connectivity index is 2.10. The quantitative estimate of drug-likeness (QED) is 0.867. The molecule has 0 saturated carbocycles. The topological polar surface area (TPSA) is 59.0 Å². The van der Waals surface area contributed by atoms with Crippen molar-refractivity contribution in [3.05, 3.63) is 11.8 Å². The number of aromatic nitrogens is 2. The van der Waals surface area contributed by atoms with Crippen LogP contribution in [0, 0.1) is 11.8 Å². The molecule has 1 amide bonds. The van der Waals surface area contributed by atoms with Crippen molar-refractivity contribution in [1.29, 1.82) is 0 Å². The Bertz CT molecular complexity index is 586. The molecular formula is C20H36N4O. The molecule has 5 heteroatoms. The molecule has 0 bridgehead atoms. The summed E-state index contributed by atoms with van der Waals surface area (Å²) in [4.78, 5) is 12.6. The highest BCUT2D eigenvalue weighted by Gasteiger charge is 2.27. The number of anilines is 1. The van der Waals surface area contributed by atoms with Crippen molar-refractivity contribution in [1.82, 2.24) is 15.1 Å². The maximum Gasteiger partial charge on any atom is 0.225 e. The molecule has 1 aromatic heterocycles. The molecule has 1 fully saturated rings. The van der Waals surface area contributed by atoms with Crippen LogP contribution < -0.4 is 10.6 Å². The first-order valence-electron chi connectivity index (χ1n) is 9.60. The van der Waals surface area contributed by atoms with Crippen molar-refractivity contribution in [2.24, 2.45) is 11.8 Å². The SMILES string of the molecule is CC(CC(=O)Nc1cc(C(C)(C)C)nn1C(C)(C)C)C1CCCNC1. The van der Waals surface area contributed by atoms with Gasteiger partial charge in [0.05, 0.1) is 11.2 Å². The van der Waals surface area contributed by atoms with Crippen LogP contribution in [0.2, 0.25) is 0 Å². The number of carbonyl (C=O) groups is 1. The van der Waals surface area contributed by atoms with Gasteiger partial charge in [-0.15, -0.1) is 0 Å². The van der Waals surface area contributed by atoms with Crippen LogP contribution in [0.15, 0.2) is 6.07 Å². The molecule has 1 saturated heterocycles. The van der Waals surface area contributed by atoms with Gasteiger partial charge in [-0.25, -0.2) is 4.68 Å². The Kier molecular flexibility index (Phi) is 5.97. The standard InChI is InChI=1S/C20H36N4O/c1-14(15-9-8-10-21-13-15)11-18(25)22-17-12-16(19(2,3)4)23-24(17)20(5,6)7/h12,14-15,21H,8-11,13H2,1-7H3,(H,22,25). The van der Waals surface area contributed by atoms with Gasteiger partial charge in [0, 0.05) is 17.9 Å². The molecule has 2 atom stereocenters. The van der Waals surface area contributed by atoms with Gasteiger partial charge in [-0.2, -0.15) is 5.10 Å². The second-order valence-corrected chi connectivity index (χ2v) is 9.58. The minimum absolute atomic E-state index is 0.0446. The van der Waals surface area contributed by atoms with Crippen molar-refractivity contribution in [2.45, 2.75) is 78.7 Å².